The molecule has 0 atom stereocenters. The van der Waals surface area contributed by atoms with E-state index in [-0.39, 0.29) is 12.2 Å². The van der Waals surface area contributed by atoms with Gasteiger partial charge in [0.25, 0.3) is 6.29 Å². The third-order valence-electron chi connectivity index (χ3n) is 3.25. The van der Waals surface area contributed by atoms with Crippen molar-refractivity contribution in [2.24, 2.45) is 0 Å². The van der Waals surface area contributed by atoms with Gasteiger partial charge in [-0.2, -0.15) is 4.89 Å². The molecule has 0 unspecified atom stereocenters. The van der Waals surface area contributed by atoms with E-state index in [4.69, 9.17) is 14.4 Å². The van der Waals surface area contributed by atoms with Gasteiger partial charge in [-0.15, -0.1) is 0 Å². The first-order valence-electron chi connectivity index (χ1n) is 7.36. The van der Waals surface area contributed by atoms with Crippen LogP contribution in [0, 0.1) is 0 Å². The molecule has 5 heteroatoms. The molecular weight excluding hydrogens is 272 g/mol. The average molecular weight is 294 g/mol. The molecule has 116 valence electrons. The van der Waals surface area contributed by atoms with Crippen LogP contribution in [0.5, 0.6) is 0 Å². The van der Waals surface area contributed by atoms with Crippen molar-refractivity contribution in [3.8, 4) is 0 Å². The van der Waals surface area contributed by atoms with Crippen molar-refractivity contribution < 1.29 is 24.0 Å². The summed E-state index contributed by atoms with van der Waals surface area (Å²) in [5.41, 5.74) is 0.283. The number of hydrogen-bond acceptors (Lipinski definition) is 5. The number of carbonyl (C=O) groups is 1. The molecule has 2 rings (SSSR count). The van der Waals surface area contributed by atoms with Crippen molar-refractivity contribution >= 4 is 5.97 Å². The summed E-state index contributed by atoms with van der Waals surface area (Å²) in [6.45, 7) is 5.06. The van der Waals surface area contributed by atoms with Crippen LogP contribution in [-0.2, 0) is 24.0 Å². The highest BCUT2D eigenvalue weighted by Gasteiger charge is 2.20. The molecule has 2 aliphatic carbocycles. The standard InChI is InChI=1S/C16H22O5/c1-12(2)16(17)21-18-11-15(19-13-7-3-4-8-13)20-14-9-5-6-10-14/h7,9,15H,1,3-6,8,10-11H2,2H3. The van der Waals surface area contributed by atoms with E-state index in [1.165, 1.54) is 0 Å². The minimum atomic E-state index is -0.600. The van der Waals surface area contributed by atoms with Crippen LogP contribution in [0.1, 0.15) is 45.4 Å². The van der Waals surface area contributed by atoms with Crippen LogP contribution in [0.15, 0.2) is 35.8 Å². The van der Waals surface area contributed by atoms with E-state index in [0.29, 0.717) is 0 Å². The summed E-state index contributed by atoms with van der Waals surface area (Å²) in [5.74, 6) is 1.23. The normalized spacial score (nSPS) is 17.4. The van der Waals surface area contributed by atoms with Gasteiger partial charge in [0.15, 0.2) is 6.61 Å². The van der Waals surface area contributed by atoms with Gasteiger partial charge >= 0.3 is 5.97 Å². The van der Waals surface area contributed by atoms with Gasteiger partial charge in [0, 0.05) is 18.4 Å². The Balaban J connectivity index is 1.81. The van der Waals surface area contributed by atoms with Crippen molar-refractivity contribution in [2.75, 3.05) is 6.61 Å². The maximum atomic E-state index is 11.3. The lowest BCUT2D eigenvalue weighted by Crippen LogP contribution is -2.24. The Bertz CT molecular complexity index is 424. The number of hydrogen-bond donors (Lipinski definition) is 0. The van der Waals surface area contributed by atoms with Crippen LogP contribution in [0.2, 0.25) is 0 Å². The molecule has 5 nitrogen and oxygen atoms in total. The Morgan fingerprint density at radius 3 is 2.19 bits per heavy atom. The average Bonchev–Trinajstić information content (AvgIpc) is 3.11. The molecule has 0 saturated heterocycles. The number of ether oxygens (including phenoxy) is 2. The maximum absolute atomic E-state index is 11.3. The summed E-state index contributed by atoms with van der Waals surface area (Å²) in [4.78, 5) is 20.8. The lowest BCUT2D eigenvalue weighted by Gasteiger charge is -2.21. The number of allylic oxidation sites excluding steroid dienone is 4. The maximum Gasteiger partial charge on any atom is 0.368 e. The zero-order valence-corrected chi connectivity index (χ0v) is 12.4. The zero-order valence-electron chi connectivity index (χ0n) is 12.4. The Hall–Kier alpha value is -1.75. The predicted molar refractivity (Wildman–Crippen MR) is 76.7 cm³/mol. The van der Waals surface area contributed by atoms with Crippen LogP contribution >= 0.6 is 0 Å². The molecule has 0 aliphatic heterocycles. The fraction of sp³-hybridized carbons (Fsp3) is 0.562. The Labute approximate surface area is 125 Å². The molecular formula is C16H22O5. The summed E-state index contributed by atoms with van der Waals surface area (Å²) >= 11 is 0. The quantitative estimate of drug-likeness (QED) is 0.297. The molecule has 2 aliphatic rings. The lowest BCUT2D eigenvalue weighted by molar-refractivity contribution is -0.296. The summed E-state index contributed by atoms with van der Waals surface area (Å²) < 4.78 is 11.5. The van der Waals surface area contributed by atoms with Crippen LogP contribution in [0.25, 0.3) is 0 Å². The zero-order chi connectivity index (χ0) is 15.1. The molecule has 0 bridgehead atoms. The molecule has 0 radical (unpaired) electrons. The van der Waals surface area contributed by atoms with E-state index in [9.17, 15) is 4.79 Å². The minimum absolute atomic E-state index is 0.0215. The van der Waals surface area contributed by atoms with Gasteiger partial charge in [-0.25, -0.2) is 4.79 Å². The molecule has 0 N–H and O–H groups in total. The fourth-order valence-electron chi connectivity index (χ4n) is 2.14. The first kappa shape index (κ1) is 15.6. The summed E-state index contributed by atoms with van der Waals surface area (Å²) in [7, 11) is 0. The molecule has 21 heavy (non-hydrogen) atoms. The third-order valence-corrected chi connectivity index (χ3v) is 3.25. The van der Waals surface area contributed by atoms with Gasteiger partial charge in [-0.3, -0.25) is 4.89 Å². The molecule has 0 aromatic heterocycles. The highest BCUT2D eigenvalue weighted by Crippen LogP contribution is 2.24. The van der Waals surface area contributed by atoms with Crippen LogP contribution < -0.4 is 0 Å². The third kappa shape index (κ3) is 5.27. The lowest BCUT2D eigenvalue weighted by atomic mass is 10.3. The molecule has 0 amide bonds. The Morgan fingerprint density at radius 1 is 1.19 bits per heavy atom. The molecule has 0 spiro atoms. The second-order valence-corrected chi connectivity index (χ2v) is 5.23. The fourth-order valence-corrected chi connectivity index (χ4v) is 2.14. The van der Waals surface area contributed by atoms with E-state index in [0.717, 1.165) is 50.0 Å². The van der Waals surface area contributed by atoms with Crippen molar-refractivity contribution in [1.82, 2.24) is 0 Å². The van der Waals surface area contributed by atoms with E-state index >= 15 is 0 Å². The largest absolute Gasteiger partial charge is 0.457 e. The first-order chi connectivity index (χ1) is 10.1. The monoisotopic (exact) mass is 294 g/mol. The second kappa shape index (κ2) is 7.88. The highest BCUT2D eigenvalue weighted by atomic mass is 17.2. The van der Waals surface area contributed by atoms with Gasteiger partial charge in [0.05, 0.1) is 11.5 Å². The van der Waals surface area contributed by atoms with Crippen molar-refractivity contribution in [3.63, 3.8) is 0 Å². The highest BCUT2D eigenvalue weighted by molar-refractivity contribution is 5.86. The topological polar surface area (TPSA) is 54.0 Å². The number of rotatable bonds is 8. The Kier molecular flexibility index (Phi) is 5.87. The van der Waals surface area contributed by atoms with Crippen molar-refractivity contribution in [2.45, 2.75) is 51.7 Å². The molecule has 0 heterocycles. The first-order valence-corrected chi connectivity index (χ1v) is 7.36. The molecule has 0 saturated carbocycles. The molecule has 0 aromatic rings. The minimum Gasteiger partial charge on any atom is -0.457 e. The van der Waals surface area contributed by atoms with E-state index in [1.807, 2.05) is 0 Å². The summed E-state index contributed by atoms with van der Waals surface area (Å²) in [6.07, 6.45) is 9.56. The van der Waals surface area contributed by atoms with E-state index in [2.05, 4.69) is 23.6 Å². The predicted octanol–water partition coefficient (Wildman–Crippen LogP) is 3.53. The van der Waals surface area contributed by atoms with E-state index in [1.54, 1.807) is 6.92 Å². The SMILES string of the molecule is C=C(C)C(=O)OOCC(OC1=CCCC1)OC1=CCCC1. The molecule has 0 fully saturated rings. The van der Waals surface area contributed by atoms with Gasteiger partial charge in [0.1, 0.15) is 0 Å². The van der Waals surface area contributed by atoms with Crippen LogP contribution in [0.3, 0.4) is 0 Å². The van der Waals surface area contributed by atoms with E-state index < -0.39 is 12.3 Å². The van der Waals surface area contributed by atoms with Crippen molar-refractivity contribution in [3.05, 3.63) is 35.8 Å². The van der Waals surface area contributed by atoms with Gasteiger partial charge < -0.3 is 9.47 Å². The smallest absolute Gasteiger partial charge is 0.368 e. The van der Waals surface area contributed by atoms with Gasteiger partial charge in [-0.1, -0.05) is 6.58 Å². The van der Waals surface area contributed by atoms with Crippen LogP contribution in [0.4, 0.5) is 0 Å². The van der Waals surface area contributed by atoms with Gasteiger partial charge in [0.2, 0.25) is 0 Å². The van der Waals surface area contributed by atoms with Gasteiger partial charge in [-0.05, 0) is 44.8 Å². The summed E-state index contributed by atoms with van der Waals surface area (Å²) in [5, 5.41) is 0. The summed E-state index contributed by atoms with van der Waals surface area (Å²) in [6, 6.07) is 0. The number of carbonyl (C=O) groups excluding carboxylic acids is 1. The Morgan fingerprint density at radius 2 is 1.76 bits per heavy atom. The van der Waals surface area contributed by atoms with Crippen molar-refractivity contribution in [1.29, 1.82) is 0 Å². The second-order valence-electron chi connectivity index (χ2n) is 5.23. The molecule has 0 aromatic carbocycles. The van der Waals surface area contributed by atoms with Crippen LogP contribution in [-0.4, -0.2) is 18.9 Å².